The standard InChI is InChI=1S/C8H17NO2S/c1-5(2)8(11)7(4-12)9-6(3)10/h5,7-8,11-12H,4H2,1-3H3,(H,9,10)/t7-,8?/m0/s1. The highest BCUT2D eigenvalue weighted by Gasteiger charge is 2.21. The number of aliphatic hydroxyl groups is 1. The molecule has 2 atom stereocenters. The van der Waals surface area contributed by atoms with Crippen LogP contribution in [0, 0.1) is 5.92 Å². The Hall–Kier alpha value is -0.220. The molecule has 0 spiro atoms. The van der Waals surface area contributed by atoms with Crippen LogP contribution in [-0.2, 0) is 4.79 Å². The van der Waals surface area contributed by atoms with E-state index < -0.39 is 6.10 Å². The van der Waals surface area contributed by atoms with Crippen molar-refractivity contribution in [1.29, 1.82) is 0 Å². The van der Waals surface area contributed by atoms with Crippen molar-refractivity contribution in [3.63, 3.8) is 0 Å². The molecule has 0 fully saturated rings. The van der Waals surface area contributed by atoms with Crippen LogP contribution in [0.5, 0.6) is 0 Å². The summed E-state index contributed by atoms with van der Waals surface area (Å²) < 4.78 is 0. The van der Waals surface area contributed by atoms with E-state index in [0.29, 0.717) is 5.75 Å². The minimum Gasteiger partial charge on any atom is -0.391 e. The second-order valence-corrected chi connectivity index (χ2v) is 3.59. The number of carbonyl (C=O) groups is 1. The zero-order chi connectivity index (χ0) is 9.72. The van der Waals surface area contributed by atoms with Crippen LogP contribution >= 0.6 is 12.6 Å². The first-order valence-corrected chi connectivity index (χ1v) is 4.68. The molecular formula is C8H17NO2S. The van der Waals surface area contributed by atoms with Crippen molar-refractivity contribution in [3.05, 3.63) is 0 Å². The van der Waals surface area contributed by atoms with E-state index in [1.165, 1.54) is 6.92 Å². The number of hydrogen-bond acceptors (Lipinski definition) is 3. The molecule has 1 unspecified atom stereocenters. The van der Waals surface area contributed by atoms with Gasteiger partial charge in [-0.15, -0.1) is 0 Å². The van der Waals surface area contributed by atoms with E-state index >= 15 is 0 Å². The topological polar surface area (TPSA) is 49.3 Å². The molecule has 72 valence electrons. The number of aliphatic hydroxyl groups excluding tert-OH is 1. The lowest BCUT2D eigenvalue weighted by Crippen LogP contribution is -2.46. The van der Waals surface area contributed by atoms with Gasteiger partial charge in [0.05, 0.1) is 12.1 Å². The van der Waals surface area contributed by atoms with Gasteiger partial charge >= 0.3 is 0 Å². The molecule has 0 aliphatic carbocycles. The third kappa shape index (κ3) is 3.97. The molecule has 0 aliphatic rings. The fraction of sp³-hybridized carbons (Fsp3) is 0.875. The van der Waals surface area contributed by atoms with Gasteiger partial charge in [0.2, 0.25) is 5.91 Å². The number of thiol groups is 1. The fourth-order valence-corrected chi connectivity index (χ4v) is 1.27. The number of nitrogens with one attached hydrogen (secondary N) is 1. The Morgan fingerprint density at radius 2 is 2.08 bits per heavy atom. The zero-order valence-corrected chi connectivity index (χ0v) is 8.64. The van der Waals surface area contributed by atoms with E-state index in [9.17, 15) is 9.90 Å². The number of hydrogen-bond donors (Lipinski definition) is 3. The molecule has 0 aromatic rings. The fourth-order valence-electron chi connectivity index (χ4n) is 0.965. The van der Waals surface area contributed by atoms with Gasteiger partial charge in [0.15, 0.2) is 0 Å². The summed E-state index contributed by atoms with van der Waals surface area (Å²) in [5, 5.41) is 12.2. The molecule has 0 saturated carbocycles. The molecule has 0 aromatic carbocycles. The van der Waals surface area contributed by atoms with Gasteiger partial charge in [0.25, 0.3) is 0 Å². The molecule has 0 bridgehead atoms. The van der Waals surface area contributed by atoms with Crippen LogP contribution in [0.15, 0.2) is 0 Å². The van der Waals surface area contributed by atoms with Gasteiger partial charge in [-0.1, -0.05) is 13.8 Å². The normalized spacial score (nSPS) is 15.8. The quantitative estimate of drug-likeness (QED) is 0.565. The Morgan fingerprint density at radius 3 is 2.33 bits per heavy atom. The van der Waals surface area contributed by atoms with Gasteiger partial charge in [-0.3, -0.25) is 4.79 Å². The summed E-state index contributed by atoms with van der Waals surface area (Å²) in [6.45, 7) is 5.25. The summed E-state index contributed by atoms with van der Waals surface area (Å²) in [4.78, 5) is 10.7. The van der Waals surface area contributed by atoms with E-state index in [1.54, 1.807) is 0 Å². The zero-order valence-electron chi connectivity index (χ0n) is 7.74. The van der Waals surface area contributed by atoms with Crippen molar-refractivity contribution in [2.45, 2.75) is 32.9 Å². The SMILES string of the molecule is CC(=O)N[C@@H](CS)C(O)C(C)C. The Labute approximate surface area is 79.0 Å². The molecular weight excluding hydrogens is 174 g/mol. The highest BCUT2D eigenvalue weighted by atomic mass is 32.1. The van der Waals surface area contributed by atoms with Crippen LogP contribution in [0.1, 0.15) is 20.8 Å². The van der Waals surface area contributed by atoms with Gasteiger partial charge in [0.1, 0.15) is 0 Å². The molecule has 12 heavy (non-hydrogen) atoms. The van der Waals surface area contributed by atoms with Crippen molar-refractivity contribution in [3.8, 4) is 0 Å². The summed E-state index contributed by atoms with van der Waals surface area (Å²) in [5.41, 5.74) is 0. The number of carbonyl (C=O) groups excluding carboxylic acids is 1. The lowest BCUT2D eigenvalue weighted by molar-refractivity contribution is -0.120. The van der Waals surface area contributed by atoms with Gasteiger partial charge < -0.3 is 10.4 Å². The van der Waals surface area contributed by atoms with Gasteiger partial charge in [-0.2, -0.15) is 12.6 Å². The monoisotopic (exact) mass is 191 g/mol. The molecule has 0 aliphatic heterocycles. The minimum absolute atomic E-state index is 0.131. The minimum atomic E-state index is -0.522. The average Bonchev–Trinajstić information content (AvgIpc) is 1.98. The number of amides is 1. The summed E-state index contributed by atoms with van der Waals surface area (Å²) in [6.07, 6.45) is -0.522. The van der Waals surface area contributed by atoms with E-state index in [2.05, 4.69) is 17.9 Å². The van der Waals surface area contributed by atoms with Crippen LogP contribution in [0.25, 0.3) is 0 Å². The highest BCUT2D eigenvalue weighted by molar-refractivity contribution is 7.80. The van der Waals surface area contributed by atoms with E-state index in [0.717, 1.165) is 0 Å². The van der Waals surface area contributed by atoms with E-state index in [-0.39, 0.29) is 17.9 Å². The Kier molecular flexibility index (Phi) is 5.33. The second-order valence-electron chi connectivity index (χ2n) is 3.22. The third-order valence-electron chi connectivity index (χ3n) is 1.68. The average molecular weight is 191 g/mol. The molecule has 2 N–H and O–H groups in total. The maximum absolute atomic E-state index is 10.7. The molecule has 0 radical (unpaired) electrons. The predicted molar refractivity (Wildman–Crippen MR) is 52.3 cm³/mol. The lowest BCUT2D eigenvalue weighted by Gasteiger charge is -2.24. The summed E-state index contributed by atoms with van der Waals surface area (Å²) in [6, 6.07) is -0.245. The molecule has 0 rings (SSSR count). The van der Waals surface area contributed by atoms with Crippen LogP contribution in [0.4, 0.5) is 0 Å². The van der Waals surface area contributed by atoms with Crippen LogP contribution < -0.4 is 5.32 Å². The maximum atomic E-state index is 10.7. The largest absolute Gasteiger partial charge is 0.391 e. The predicted octanol–water partition coefficient (Wildman–Crippen LogP) is 0.438. The van der Waals surface area contributed by atoms with Crippen LogP contribution in [0.2, 0.25) is 0 Å². The van der Waals surface area contributed by atoms with Crippen molar-refractivity contribution < 1.29 is 9.90 Å². The second kappa shape index (κ2) is 5.43. The van der Waals surface area contributed by atoms with Crippen molar-refractivity contribution in [2.24, 2.45) is 5.92 Å². The Balaban J connectivity index is 4.04. The smallest absolute Gasteiger partial charge is 0.217 e. The Bertz CT molecular complexity index is 150. The molecule has 0 heterocycles. The summed E-state index contributed by atoms with van der Waals surface area (Å²) >= 11 is 4.05. The van der Waals surface area contributed by atoms with Crippen molar-refractivity contribution in [1.82, 2.24) is 5.32 Å². The first-order chi connectivity index (χ1) is 5.49. The Morgan fingerprint density at radius 1 is 1.58 bits per heavy atom. The summed E-state index contributed by atoms with van der Waals surface area (Å²) in [5.74, 6) is 0.460. The van der Waals surface area contributed by atoms with Gasteiger partial charge in [-0.25, -0.2) is 0 Å². The maximum Gasteiger partial charge on any atom is 0.217 e. The lowest BCUT2D eigenvalue weighted by atomic mass is 10.0. The van der Waals surface area contributed by atoms with Crippen LogP contribution in [-0.4, -0.2) is 28.9 Å². The van der Waals surface area contributed by atoms with E-state index in [4.69, 9.17) is 0 Å². The molecule has 3 nitrogen and oxygen atoms in total. The van der Waals surface area contributed by atoms with Crippen LogP contribution in [0.3, 0.4) is 0 Å². The molecule has 4 heteroatoms. The molecule has 0 aromatic heterocycles. The van der Waals surface area contributed by atoms with Gasteiger partial charge in [0, 0.05) is 12.7 Å². The van der Waals surface area contributed by atoms with E-state index in [1.807, 2.05) is 13.8 Å². The highest BCUT2D eigenvalue weighted by Crippen LogP contribution is 2.07. The molecule has 1 amide bonds. The first kappa shape index (κ1) is 11.8. The number of rotatable bonds is 4. The van der Waals surface area contributed by atoms with Gasteiger partial charge in [-0.05, 0) is 5.92 Å². The van der Waals surface area contributed by atoms with Crippen molar-refractivity contribution in [2.75, 3.05) is 5.75 Å². The molecule has 0 saturated heterocycles. The first-order valence-electron chi connectivity index (χ1n) is 4.05. The summed E-state index contributed by atoms with van der Waals surface area (Å²) in [7, 11) is 0. The third-order valence-corrected chi connectivity index (χ3v) is 2.07. The van der Waals surface area contributed by atoms with Crippen molar-refractivity contribution >= 4 is 18.5 Å².